The van der Waals surface area contributed by atoms with E-state index >= 15 is 0 Å². The maximum atomic E-state index is 12.2. The second kappa shape index (κ2) is 5.92. The zero-order valence-corrected chi connectivity index (χ0v) is 12.4. The quantitative estimate of drug-likeness (QED) is 0.829. The van der Waals surface area contributed by atoms with Gasteiger partial charge in [0.15, 0.2) is 0 Å². The van der Waals surface area contributed by atoms with Crippen LogP contribution in [0.4, 0.5) is 5.69 Å². The summed E-state index contributed by atoms with van der Waals surface area (Å²) in [6.45, 7) is 2.61. The fraction of sp³-hybridized carbons (Fsp3) is 0.571. The maximum absolute atomic E-state index is 12.2. The van der Waals surface area contributed by atoms with Gasteiger partial charge in [-0.3, -0.25) is 4.31 Å². The number of anilines is 1. The molecule has 106 valence electrons. The molecule has 0 radical (unpaired) electrons. The van der Waals surface area contributed by atoms with Gasteiger partial charge in [-0.15, -0.1) is 0 Å². The Hall–Kier alpha value is -1.07. The van der Waals surface area contributed by atoms with Crippen LogP contribution in [0.25, 0.3) is 0 Å². The summed E-state index contributed by atoms with van der Waals surface area (Å²) in [7, 11) is -1.61. The Labute approximate surface area is 115 Å². The molecule has 0 aliphatic heterocycles. The van der Waals surface area contributed by atoms with Crippen molar-refractivity contribution in [2.24, 2.45) is 0 Å². The molecule has 19 heavy (non-hydrogen) atoms. The highest BCUT2D eigenvalue weighted by molar-refractivity contribution is 7.92. The summed E-state index contributed by atoms with van der Waals surface area (Å²) in [6, 6.07) is 8.23. The van der Waals surface area contributed by atoms with Gasteiger partial charge in [0, 0.05) is 19.6 Å². The molecule has 0 aromatic heterocycles. The van der Waals surface area contributed by atoms with Crippen LogP contribution in [-0.2, 0) is 16.4 Å². The van der Waals surface area contributed by atoms with E-state index in [-0.39, 0.29) is 5.75 Å². The number of aryl methyl sites for hydroxylation is 1. The molecule has 0 unspecified atom stereocenters. The van der Waals surface area contributed by atoms with Crippen LogP contribution in [0.3, 0.4) is 0 Å². The van der Waals surface area contributed by atoms with Crippen LogP contribution in [0.5, 0.6) is 0 Å². The van der Waals surface area contributed by atoms with Crippen molar-refractivity contribution in [3.63, 3.8) is 0 Å². The van der Waals surface area contributed by atoms with Gasteiger partial charge >= 0.3 is 0 Å². The highest BCUT2D eigenvalue weighted by Crippen LogP contribution is 2.19. The topological polar surface area (TPSA) is 49.4 Å². The Morgan fingerprint density at radius 2 is 1.89 bits per heavy atom. The summed E-state index contributed by atoms with van der Waals surface area (Å²) in [4.78, 5) is 0. The normalized spacial score (nSPS) is 15.5. The fourth-order valence-corrected chi connectivity index (χ4v) is 3.01. The van der Waals surface area contributed by atoms with E-state index in [0.29, 0.717) is 12.6 Å². The lowest BCUT2D eigenvalue weighted by Crippen LogP contribution is -2.34. The molecule has 1 fully saturated rings. The average molecular weight is 282 g/mol. The number of rotatable bonds is 7. The van der Waals surface area contributed by atoms with Crippen molar-refractivity contribution in [2.75, 3.05) is 23.7 Å². The number of sulfonamides is 1. The molecule has 0 amide bonds. The lowest BCUT2D eigenvalue weighted by Gasteiger charge is -2.19. The minimum Gasteiger partial charge on any atom is -0.313 e. The molecule has 4 nitrogen and oxygen atoms in total. The lowest BCUT2D eigenvalue weighted by atomic mass is 10.1. The van der Waals surface area contributed by atoms with Crippen LogP contribution in [0.2, 0.25) is 0 Å². The van der Waals surface area contributed by atoms with Crippen LogP contribution in [-0.4, -0.2) is 33.8 Å². The first-order valence-electron chi connectivity index (χ1n) is 6.82. The highest BCUT2D eigenvalue weighted by atomic mass is 32.2. The molecule has 1 N–H and O–H groups in total. The summed E-state index contributed by atoms with van der Waals surface area (Å²) in [6.07, 6.45) is 3.31. The maximum Gasteiger partial charge on any atom is 0.236 e. The third-order valence-electron chi connectivity index (χ3n) is 3.50. The van der Waals surface area contributed by atoms with Gasteiger partial charge in [-0.05, 0) is 37.0 Å². The third kappa shape index (κ3) is 3.94. The van der Waals surface area contributed by atoms with E-state index in [0.717, 1.165) is 12.1 Å². The third-order valence-corrected chi connectivity index (χ3v) is 5.26. The van der Waals surface area contributed by atoms with Crippen LogP contribution in [0.15, 0.2) is 24.3 Å². The van der Waals surface area contributed by atoms with Gasteiger partial charge in [-0.1, -0.05) is 19.1 Å². The largest absolute Gasteiger partial charge is 0.313 e. The van der Waals surface area contributed by atoms with E-state index < -0.39 is 10.0 Å². The van der Waals surface area contributed by atoms with Gasteiger partial charge in [0.2, 0.25) is 10.0 Å². The van der Waals surface area contributed by atoms with Gasteiger partial charge in [-0.25, -0.2) is 8.42 Å². The first-order valence-corrected chi connectivity index (χ1v) is 8.43. The minimum absolute atomic E-state index is 0.148. The Bertz CT molecular complexity index is 507. The van der Waals surface area contributed by atoms with Gasteiger partial charge in [0.05, 0.1) is 11.4 Å². The molecular weight excluding hydrogens is 260 g/mol. The number of benzene rings is 1. The number of hydrogen-bond donors (Lipinski definition) is 1. The molecule has 5 heteroatoms. The van der Waals surface area contributed by atoms with Crippen LogP contribution in [0, 0.1) is 0 Å². The van der Waals surface area contributed by atoms with E-state index in [1.165, 1.54) is 22.7 Å². The summed E-state index contributed by atoms with van der Waals surface area (Å²) < 4.78 is 25.7. The predicted octanol–water partition coefficient (Wildman–Crippen LogP) is 1.77. The monoisotopic (exact) mass is 282 g/mol. The first-order chi connectivity index (χ1) is 9.03. The molecule has 0 atom stereocenters. The van der Waals surface area contributed by atoms with E-state index in [2.05, 4.69) is 12.2 Å². The second-order valence-corrected chi connectivity index (χ2v) is 7.15. The fourth-order valence-electron chi connectivity index (χ4n) is 1.92. The summed E-state index contributed by atoms with van der Waals surface area (Å²) in [5.74, 6) is 0.148. The SMILES string of the molecule is CCc1ccc(N(C)S(=O)(=O)CCNC2CC2)cc1. The smallest absolute Gasteiger partial charge is 0.236 e. The van der Waals surface area contributed by atoms with Gasteiger partial charge in [0.1, 0.15) is 0 Å². The summed E-state index contributed by atoms with van der Waals surface area (Å²) >= 11 is 0. The number of nitrogens with zero attached hydrogens (tertiary/aromatic N) is 1. The Morgan fingerprint density at radius 1 is 1.26 bits per heavy atom. The molecule has 2 rings (SSSR count). The summed E-state index contributed by atoms with van der Waals surface area (Å²) in [5, 5.41) is 3.23. The Kier molecular flexibility index (Phi) is 4.47. The van der Waals surface area contributed by atoms with Crippen molar-refractivity contribution < 1.29 is 8.42 Å². The molecule has 0 saturated heterocycles. The van der Waals surface area contributed by atoms with Crippen molar-refractivity contribution in [2.45, 2.75) is 32.2 Å². The van der Waals surface area contributed by atoms with E-state index in [1.54, 1.807) is 7.05 Å². The van der Waals surface area contributed by atoms with Gasteiger partial charge < -0.3 is 5.32 Å². The minimum atomic E-state index is -3.23. The van der Waals surface area contributed by atoms with Crippen molar-refractivity contribution in [3.05, 3.63) is 29.8 Å². The molecule has 1 aromatic carbocycles. The van der Waals surface area contributed by atoms with E-state index in [9.17, 15) is 8.42 Å². The van der Waals surface area contributed by atoms with Crippen LogP contribution >= 0.6 is 0 Å². The number of hydrogen-bond acceptors (Lipinski definition) is 3. The molecule has 0 heterocycles. The zero-order valence-electron chi connectivity index (χ0n) is 11.6. The average Bonchev–Trinajstić information content (AvgIpc) is 3.22. The van der Waals surface area contributed by atoms with Crippen molar-refractivity contribution in [1.29, 1.82) is 0 Å². The summed E-state index contributed by atoms with van der Waals surface area (Å²) in [5.41, 5.74) is 1.94. The van der Waals surface area contributed by atoms with Crippen molar-refractivity contribution in [3.8, 4) is 0 Å². The Morgan fingerprint density at radius 3 is 2.42 bits per heavy atom. The zero-order chi connectivity index (χ0) is 13.9. The molecule has 1 aliphatic carbocycles. The molecule has 1 aliphatic rings. The van der Waals surface area contributed by atoms with Crippen molar-refractivity contribution in [1.82, 2.24) is 5.32 Å². The predicted molar refractivity (Wildman–Crippen MR) is 79.0 cm³/mol. The van der Waals surface area contributed by atoms with Gasteiger partial charge in [-0.2, -0.15) is 0 Å². The lowest BCUT2D eigenvalue weighted by molar-refractivity contribution is 0.589. The molecule has 1 saturated carbocycles. The van der Waals surface area contributed by atoms with Crippen molar-refractivity contribution >= 4 is 15.7 Å². The second-order valence-electron chi connectivity index (χ2n) is 5.03. The van der Waals surface area contributed by atoms with E-state index in [4.69, 9.17) is 0 Å². The molecular formula is C14H22N2O2S. The molecule has 1 aromatic rings. The molecule has 0 spiro atoms. The number of nitrogens with one attached hydrogen (secondary N) is 1. The van der Waals surface area contributed by atoms with E-state index in [1.807, 2.05) is 24.3 Å². The first kappa shape index (κ1) is 14.3. The van der Waals surface area contributed by atoms with Crippen LogP contribution in [0.1, 0.15) is 25.3 Å². The standard InChI is InChI=1S/C14H22N2O2S/c1-3-12-4-8-14(9-5-12)16(2)19(17,18)11-10-15-13-6-7-13/h4-5,8-9,13,15H,3,6-7,10-11H2,1-2H3. The molecule has 0 bridgehead atoms. The van der Waals surface area contributed by atoms with Crippen LogP contribution < -0.4 is 9.62 Å². The van der Waals surface area contributed by atoms with Gasteiger partial charge in [0.25, 0.3) is 0 Å². The highest BCUT2D eigenvalue weighted by Gasteiger charge is 2.23. The Balaban J connectivity index is 1.96.